The molecular weight excluding hydrogens is 231 g/mol. The predicted octanol–water partition coefficient (Wildman–Crippen LogP) is 3.45. The summed E-state index contributed by atoms with van der Waals surface area (Å²) in [6.45, 7) is 1.88. The van der Waals surface area contributed by atoms with Crippen LogP contribution in [0, 0.1) is 18.7 Å². The van der Waals surface area contributed by atoms with Crippen molar-refractivity contribution in [3.8, 4) is 5.75 Å². The van der Waals surface area contributed by atoms with Gasteiger partial charge >= 0.3 is 0 Å². The monoisotopic (exact) mass is 252 g/mol. The van der Waals surface area contributed by atoms with Crippen LogP contribution < -0.4 is 4.74 Å². The van der Waals surface area contributed by atoms with E-state index in [4.69, 9.17) is 4.74 Å². The van der Waals surface area contributed by atoms with Gasteiger partial charge in [0, 0.05) is 0 Å². The Bertz CT molecular complexity index is 386. The Hall–Kier alpha value is -1.09. The van der Waals surface area contributed by atoms with Crippen molar-refractivity contribution in [2.45, 2.75) is 45.1 Å². The Morgan fingerprint density at radius 2 is 2.11 bits per heavy atom. The molecule has 0 saturated heterocycles. The van der Waals surface area contributed by atoms with Crippen LogP contribution in [0.5, 0.6) is 5.75 Å². The summed E-state index contributed by atoms with van der Waals surface area (Å²) >= 11 is 0. The molecule has 0 spiro atoms. The summed E-state index contributed by atoms with van der Waals surface area (Å²) in [6.07, 6.45) is 5.22. The molecule has 0 radical (unpaired) electrons. The third-order valence-corrected chi connectivity index (χ3v) is 3.67. The second-order valence-corrected chi connectivity index (χ2v) is 5.24. The highest BCUT2D eigenvalue weighted by Crippen LogP contribution is 2.29. The van der Waals surface area contributed by atoms with Crippen molar-refractivity contribution in [3.63, 3.8) is 0 Å². The van der Waals surface area contributed by atoms with Crippen LogP contribution in [0.3, 0.4) is 0 Å². The highest BCUT2D eigenvalue weighted by atomic mass is 19.1. The Balaban J connectivity index is 1.81. The summed E-state index contributed by atoms with van der Waals surface area (Å²) in [6, 6.07) is 5.07. The summed E-state index contributed by atoms with van der Waals surface area (Å²) in [4.78, 5) is 0. The minimum Gasteiger partial charge on any atom is -0.488 e. The van der Waals surface area contributed by atoms with Gasteiger partial charge in [-0.25, -0.2) is 4.39 Å². The van der Waals surface area contributed by atoms with E-state index in [0.717, 1.165) is 6.42 Å². The van der Waals surface area contributed by atoms with Crippen molar-refractivity contribution in [2.24, 2.45) is 5.92 Å². The normalized spacial score (nSPS) is 17.9. The number of benzene rings is 1. The quantitative estimate of drug-likeness (QED) is 0.869. The fraction of sp³-hybridized carbons (Fsp3) is 0.600. The smallest absolute Gasteiger partial charge is 0.167 e. The molecule has 1 aliphatic rings. The van der Waals surface area contributed by atoms with E-state index in [9.17, 15) is 9.50 Å². The lowest BCUT2D eigenvalue weighted by molar-refractivity contribution is 0.0836. The SMILES string of the molecule is Cc1cccc(OCC(O)CC2CCCC2)c1F. The van der Waals surface area contributed by atoms with Crippen LogP contribution in [-0.4, -0.2) is 17.8 Å². The van der Waals surface area contributed by atoms with Crippen LogP contribution >= 0.6 is 0 Å². The highest BCUT2D eigenvalue weighted by molar-refractivity contribution is 5.30. The van der Waals surface area contributed by atoms with Gasteiger partial charge in [-0.2, -0.15) is 0 Å². The number of halogens is 1. The maximum absolute atomic E-state index is 13.7. The van der Waals surface area contributed by atoms with E-state index >= 15 is 0 Å². The molecule has 2 rings (SSSR count). The molecule has 18 heavy (non-hydrogen) atoms. The van der Waals surface area contributed by atoms with Crippen LogP contribution in [-0.2, 0) is 0 Å². The summed E-state index contributed by atoms with van der Waals surface area (Å²) < 4.78 is 19.0. The molecule has 0 amide bonds. The van der Waals surface area contributed by atoms with Crippen molar-refractivity contribution in [3.05, 3.63) is 29.6 Å². The minimum absolute atomic E-state index is 0.177. The standard InChI is InChI=1S/C15H21FO2/c1-11-5-4-8-14(15(11)16)18-10-13(17)9-12-6-2-3-7-12/h4-5,8,12-13,17H,2-3,6-7,9-10H2,1H3. The zero-order valence-electron chi connectivity index (χ0n) is 10.9. The summed E-state index contributed by atoms with van der Waals surface area (Å²) in [5.41, 5.74) is 0.567. The second kappa shape index (κ2) is 6.19. The first-order valence-corrected chi connectivity index (χ1v) is 6.73. The largest absolute Gasteiger partial charge is 0.488 e. The minimum atomic E-state index is -0.493. The van der Waals surface area contributed by atoms with Crippen molar-refractivity contribution < 1.29 is 14.2 Å². The number of rotatable bonds is 5. The number of hydrogen-bond acceptors (Lipinski definition) is 2. The number of aliphatic hydroxyl groups excluding tert-OH is 1. The molecule has 3 heteroatoms. The van der Waals surface area contributed by atoms with Gasteiger partial charge in [0.2, 0.25) is 0 Å². The molecule has 1 fully saturated rings. The fourth-order valence-electron chi connectivity index (χ4n) is 2.62. The van der Waals surface area contributed by atoms with E-state index < -0.39 is 6.10 Å². The third kappa shape index (κ3) is 3.45. The van der Waals surface area contributed by atoms with Crippen molar-refractivity contribution in [1.29, 1.82) is 0 Å². The molecule has 1 unspecified atom stereocenters. The maximum atomic E-state index is 13.7. The third-order valence-electron chi connectivity index (χ3n) is 3.67. The number of aryl methyl sites for hydroxylation is 1. The van der Waals surface area contributed by atoms with Crippen LogP contribution in [0.15, 0.2) is 18.2 Å². The van der Waals surface area contributed by atoms with Crippen molar-refractivity contribution >= 4 is 0 Å². The van der Waals surface area contributed by atoms with Crippen molar-refractivity contribution in [1.82, 2.24) is 0 Å². The fourth-order valence-corrected chi connectivity index (χ4v) is 2.62. The van der Waals surface area contributed by atoms with E-state index in [2.05, 4.69) is 0 Å². The van der Waals surface area contributed by atoms with E-state index in [0.29, 0.717) is 11.5 Å². The molecule has 0 bridgehead atoms. The number of ether oxygens (including phenoxy) is 1. The molecule has 1 aliphatic carbocycles. The summed E-state index contributed by atoms with van der Waals surface area (Å²) in [5.74, 6) is 0.525. The average molecular weight is 252 g/mol. The molecule has 1 aromatic carbocycles. The summed E-state index contributed by atoms with van der Waals surface area (Å²) in [7, 11) is 0. The Morgan fingerprint density at radius 1 is 1.39 bits per heavy atom. The molecule has 2 nitrogen and oxygen atoms in total. The molecule has 0 aromatic heterocycles. The van der Waals surface area contributed by atoms with E-state index in [-0.39, 0.29) is 18.2 Å². The Labute approximate surface area is 108 Å². The van der Waals surface area contributed by atoms with E-state index in [1.165, 1.54) is 25.7 Å². The first kappa shape index (κ1) is 13.3. The zero-order chi connectivity index (χ0) is 13.0. The summed E-state index contributed by atoms with van der Waals surface area (Å²) in [5, 5.41) is 9.88. The highest BCUT2D eigenvalue weighted by Gasteiger charge is 2.19. The van der Waals surface area contributed by atoms with Crippen LogP contribution in [0.25, 0.3) is 0 Å². The lowest BCUT2D eigenvalue weighted by atomic mass is 10.0. The Morgan fingerprint density at radius 3 is 2.83 bits per heavy atom. The lowest BCUT2D eigenvalue weighted by Crippen LogP contribution is -2.20. The molecule has 1 atom stereocenters. The van der Waals surface area contributed by atoms with Gasteiger partial charge in [-0.15, -0.1) is 0 Å². The predicted molar refractivity (Wildman–Crippen MR) is 69.2 cm³/mol. The first-order chi connectivity index (χ1) is 8.66. The van der Waals surface area contributed by atoms with Gasteiger partial charge in [0.05, 0.1) is 6.10 Å². The second-order valence-electron chi connectivity index (χ2n) is 5.24. The zero-order valence-corrected chi connectivity index (χ0v) is 10.9. The van der Waals surface area contributed by atoms with Gasteiger partial charge in [-0.05, 0) is 30.9 Å². The number of aliphatic hydroxyl groups is 1. The van der Waals surface area contributed by atoms with Gasteiger partial charge in [0.15, 0.2) is 11.6 Å². The molecule has 100 valence electrons. The topological polar surface area (TPSA) is 29.5 Å². The molecular formula is C15H21FO2. The lowest BCUT2D eigenvalue weighted by Gasteiger charge is -2.16. The molecule has 1 aromatic rings. The van der Waals surface area contributed by atoms with Gasteiger partial charge in [-0.3, -0.25) is 0 Å². The van der Waals surface area contributed by atoms with Crippen LogP contribution in [0.1, 0.15) is 37.7 Å². The van der Waals surface area contributed by atoms with Gasteiger partial charge in [0.1, 0.15) is 6.61 Å². The molecule has 0 heterocycles. The maximum Gasteiger partial charge on any atom is 0.167 e. The average Bonchev–Trinajstić information content (AvgIpc) is 2.84. The van der Waals surface area contributed by atoms with E-state index in [1.807, 2.05) is 0 Å². The van der Waals surface area contributed by atoms with Crippen LogP contribution in [0.2, 0.25) is 0 Å². The number of hydrogen-bond donors (Lipinski definition) is 1. The van der Waals surface area contributed by atoms with E-state index in [1.54, 1.807) is 25.1 Å². The van der Waals surface area contributed by atoms with Crippen LogP contribution in [0.4, 0.5) is 4.39 Å². The van der Waals surface area contributed by atoms with Gasteiger partial charge in [-0.1, -0.05) is 37.8 Å². The van der Waals surface area contributed by atoms with Crippen molar-refractivity contribution in [2.75, 3.05) is 6.61 Å². The first-order valence-electron chi connectivity index (χ1n) is 6.73. The van der Waals surface area contributed by atoms with Gasteiger partial charge in [0.25, 0.3) is 0 Å². The molecule has 1 saturated carbocycles. The Kier molecular flexibility index (Phi) is 4.59. The molecule has 1 N–H and O–H groups in total. The molecule has 0 aliphatic heterocycles. The van der Waals surface area contributed by atoms with Gasteiger partial charge < -0.3 is 9.84 Å².